The van der Waals surface area contributed by atoms with Crippen LogP contribution in [-0.4, -0.2) is 69.0 Å². The summed E-state index contributed by atoms with van der Waals surface area (Å²) < 4.78 is 10.7. The summed E-state index contributed by atoms with van der Waals surface area (Å²) in [7, 11) is 1.70. The van der Waals surface area contributed by atoms with Gasteiger partial charge in [-0.25, -0.2) is 0 Å². The summed E-state index contributed by atoms with van der Waals surface area (Å²) in [5, 5.41) is 4.74. The Labute approximate surface area is 185 Å². The molecule has 1 aliphatic rings. The van der Waals surface area contributed by atoms with E-state index in [2.05, 4.69) is 52.6 Å². The van der Waals surface area contributed by atoms with Crippen LogP contribution in [0, 0.1) is 5.92 Å². The highest BCUT2D eigenvalue weighted by atomic mass is 127. The van der Waals surface area contributed by atoms with Gasteiger partial charge in [0.25, 0.3) is 0 Å². The van der Waals surface area contributed by atoms with E-state index in [9.17, 15) is 0 Å². The monoisotopic (exact) mass is 500 g/mol. The second kappa shape index (κ2) is 12.3. The predicted octanol–water partition coefficient (Wildman–Crippen LogP) is 3.28. The molecule has 1 aromatic carbocycles. The number of guanidine groups is 1. The topological polar surface area (TPSA) is 61.9 Å². The number of aromatic amines is 1. The Morgan fingerprint density at radius 2 is 2.18 bits per heavy atom. The molecule has 0 radical (unpaired) electrons. The van der Waals surface area contributed by atoms with Crippen LogP contribution in [0.15, 0.2) is 35.5 Å². The number of para-hydroxylation sites is 1. The third-order valence-corrected chi connectivity index (χ3v) is 5.02. The molecule has 3 rings (SSSR count). The van der Waals surface area contributed by atoms with Crippen molar-refractivity contribution in [3.8, 4) is 0 Å². The van der Waals surface area contributed by atoms with E-state index in [-0.39, 0.29) is 24.0 Å². The number of aliphatic imine (C=N–C) groups is 1. The number of fused-ring (bicyclic) bond motifs is 1. The van der Waals surface area contributed by atoms with Gasteiger partial charge in [-0.3, -0.25) is 4.99 Å². The average Bonchev–Trinajstić information content (AvgIpc) is 3.32. The molecule has 0 bridgehead atoms. The van der Waals surface area contributed by atoms with Crippen molar-refractivity contribution in [3.63, 3.8) is 0 Å². The fourth-order valence-electron chi connectivity index (χ4n) is 3.60. The summed E-state index contributed by atoms with van der Waals surface area (Å²) in [6.07, 6.45) is 4.20. The lowest BCUT2D eigenvalue weighted by Crippen LogP contribution is -2.40. The number of rotatable bonds is 9. The maximum absolute atomic E-state index is 5.70. The fourth-order valence-corrected chi connectivity index (χ4v) is 3.60. The van der Waals surface area contributed by atoms with Gasteiger partial charge in [-0.2, -0.15) is 0 Å². The van der Waals surface area contributed by atoms with Gasteiger partial charge in [0.15, 0.2) is 5.96 Å². The number of H-pyrrole nitrogens is 1. The van der Waals surface area contributed by atoms with E-state index in [4.69, 9.17) is 14.5 Å². The van der Waals surface area contributed by atoms with Crippen molar-refractivity contribution in [2.24, 2.45) is 10.9 Å². The molecule has 2 aromatic rings. The zero-order valence-electron chi connectivity index (χ0n) is 16.9. The Hall–Kier alpha value is -1.32. The van der Waals surface area contributed by atoms with Gasteiger partial charge in [-0.05, 0) is 31.4 Å². The van der Waals surface area contributed by atoms with Crippen LogP contribution in [0.3, 0.4) is 0 Å². The zero-order valence-corrected chi connectivity index (χ0v) is 19.3. The van der Waals surface area contributed by atoms with Crippen molar-refractivity contribution in [1.82, 2.24) is 15.2 Å². The van der Waals surface area contributed by atoms with Gasteiger partial charge in [0.2, 0.25) is 0 Å². The highest BCUT2D eigenvalue weighted by Crippen LogP contribution is 2.19. The molecule has 2 N–H and O–H groups in total. The summed E-state index contributed by atoms with van der Waals surface area (Å²) >= 11 is 0. The van der Waals surface area contributed by atoms with Gasteiger partial charge >= 0.3 is 0 Å². The Morgan fingerprint density at radius 3 is 3.00 bits per heavy atom. The molecule has 1 unspecified atom stereocenters. The summed E-state index contributed by atoms with van der Waals surface area (Å²) in [5.74, 6) is 1.59. The molecular weight excluding hydrogens is 467 g/mol. The molecule has 0 aliphatic carbocycles. The smallest absolute Gasteiger partial charge is 0.193 e. The van der Waals surface area contributed by atoms with Crippen LogP contribution in [0.2, 0.25) is 0 Å². The van der Waals surface area contributed by atoms with Gasteiger partial charge in [0.1, 0.15) is 0 Å². The second-order valence-electron chi connectivity index (χ2n) is 7.01. The maximum Gasteiger partial charge on any atom is 0.193 e. The quantitative estimate of drug-likeness (QED) is 0.240. The predicted molar refractivity (Wildman–Crippen MR) is 126 cm³/mol. The van der Waals surface area contributed by atoms with E-state index >= 15 is 0 Å². The number of aromatic nitrogens is 1. The lowest BCUT2D eigenvalue weighted by Gasteiger charge is -2.21. The molecule has 28 heavy (non-hydrogen) atoms. The number of nitrogens with zero attached hydrogens (tertiary/aromatic N) is 2. The van der Waals surface area contributed by atoms with Crippen LogP contribution in [0.1, 0.15) is 18.9 Å². The van der Waals surface area contributed by atoms with Crippen LogP contribution >= 0.6 is 24.0 Å². The van der Waals surface area contributed by atoms with Crippen molar-refractivity contribution in [2.45, 2.75) is 19.8 Å². The van der Waals surface area contributed by atoms with E-state index in [1.165, 1.54) is 16.5 Å². The molecule has 156 valence electrons. The number of halogens is 1. The number of likely N-dealkylation sites (tertiary alicyclic amines) is 1. The van der Waals surface area contributed by atoms with Crippen LogP contribution in [0.25, 0.3) is 10.9 Å². The lowest BCUT2D eigenvalue weighted by atomic mass is 10.1. The first kappa shape index (κ1) is 23.0. The largest absolute Gasteiger partial charge is 0.382 e. The minimum Gasteiger partial charge on any atom is -0.382 e. The molecule has 1 aliphatic heterocycles. The highest BCUT2D eigenvalue weighted by molar-refractivity contribution is 14.0. The second-order valence-corrected chi connectivity index (χ2v) is 7.01. The Morgan fingerprint density at radius 1 is 1.32 bits per heavy atom. The van der Waals surface area contributed by atoms with Gasteiger partial charge in [0.05, 0.1) is 19.8 Å². The zero-order chi connectivity index (χ0) is 18.9. The summed E-state index contributed by atoms with van der Waals surface area (Å²) in [6, 6.07) is 8.44. The van der Waals surface area contributed by atoms with E-state index in [0.717, 1.165) is 51.6 Å². The van der Waals surface area contributed by atoms with E-state index < -0.39 is 0 Å². The molecule has 7 heteroatoms. The van der Waals surface area contributed by atoms with Crippen LogP contribution in [0.4, 0.5) is 0 Å². The molecule has 1 atom stereocenters. The molecule has 6 nitrogen and oxygen atoms in total. The van der Waals surface area contributed by atoms with Crippen LogP contribution < -0.4 is 5.32 Å². The normalized spacial score (nSPS) is 17.1. The first-order chi connectivity index (χ1) is 13.3. The molecule has 1 fully saturated rings. The molecule has 1 saturated heterocycles. The Balaban J connectivity index is 0.00000280. The van der Waals surface area contributed by atoms with Gasteiger partial charge in [-0.15, -0.1) is 24.0 Å². The van der Waals surface area contributed by atoms with E-state index in [0.29, 0.717) is 19.1 Å². The molecular formula is C21H33IN4O2. The third-order valence-electron chi connectivity index (χ3n) is 5.02. The fraction of sp³-hybridized carbons (Fsp3) is 0.571. The molecule has 0 amide bonds. The van der Waals surface area contributed by atoms with Gasteiger partial charge in [-0.1, -0.05) is 18.2 Å². The number of ether oxygens (including phenoxy) is 2. The third kappa shape index (κ3) is 6.35. The van der Waals surface area contributed by atoms with Crippen LogP contribution in [-0.2, 0) is 15.9 Å². The summed E-state index contributed by atoms with van der Waals surface area (Å²) in [4.78, 5) is 10.6. The molecule has 0 saturated carbocycles. The van der Waals surface area contributed by atoms with Crippen molar-refractivity contribution in [2.75, 3.05) is 53.1 Å². The number of hydrogen-bond donors (Lipinski definition) is 2. The van der Waals surface area contributed by atoms with Crippen molar-refractivity contribution in [3.05, 3.63) is 36.0 Å². The van der Waals surface area contributed by atoms with Gasteiger partial charge < -0.3 is 24.7 Å². The van der Waals surface area contributed by atoms with Crippen molar-refractivity contribution < 1.29 is 9.47 Å². The minimum absolute atomic E-state index is 0. The molecule has 2 heterocycles. The van der Waals surface area contributed by atoms with Crippen molar-refractivity contribution in [1.29, 1.82) is 0 Å². The Bertz CT molecular complexity index is 734. The first-order valence-electron chi connectivity index (χ1n) is 9.96. The molecule has 1 aromatic heterocycles. The standard InChI is InChI=1S/C21H32N4O2.HI/c1-3-22-21(25-11-9-17(15-25)16-27-13-12-26-2)23-10-8-18-14-24-20-7-5-4-6-19(18)20;/h4-7,14,17,24H,3,8-13,15-16H2,1-2H3,(H,22,23);1H. The Kier molecular flexibility index (Phi) is 10.1. The van der Waals surface area contributed by atoms with E-state index in [1.807, 2.05) is 0 Å². The number of methoxy groups -OCH3 is 1. The first-order valence-corrected chi connectivity index (χ1v) is 9.96. The number of nitrogens with one attached hydrogen (secondary N) is 2. The van der Waals surface area contributed by atoms with E-state index in [1.54, 1.807) is 7.11 Å². The minimum atomic E-state index is 0. The number of benzene rings is 1. The maximum atomic E-state index is 5.70. The van der Waals surface area contributed by atoms with Gasteiger partial charge in [0, 0.05) is 56.3 Å². The summed E-state index contributed by atoms with van der Waals surface area (Å²) in [6.45, 7) is 7.97. The SMILES string of the molecule is CCNC(=NCCc1c[nH]c2ccccc12)N1CCC(COCCOC)C1.I. The number of hydrogen-bond acceptors (Lipinski definition) is 3. The highest BCUT2D eigenvalue weighted by Gasteiger charge is 2.24. The summed E-state index contributed by atoms with van der Waals surface area (Å²) in [5.41, 5.74) is 2.52. The van der Waals surface area contributed by atoms with Crippen molar-refractivity contribution >= 4 is 40.8 Å². The average molecular weight is 500 g/mol. The molecule has 0 spiro atoms. The lowest BCUT2D eigenvalue weighted by molar-refractivity contribution is 0.0536. The van der Waals surface area contributed by atoms with Crippen LogP contribution in [0.5, 0.6) is 0 Å².